The van der Waals surface area contributed by atoms with E-state index in [2.05, 4.69) is 23.4 Å². The molecule has 0 saturated carbocycles. The summed E-state index contributed by atoms with van der Waals surface area (Å²) in [6, 6.07) is 6.15. The van der Waals surface area contributed by atoms with Gasteiger partial charge in [-0.1, -0.05) is 11.2 Å². The third-order valence-corrected chi connectivity index (χ3v) is 2.82. The van der Waals surface area contributed by atoms with E-state index in [-0.39, 0.29) is 6.04 Å². The van der Waals surface area contributed by atoms with Crippen LogP contribution in [-0.4, -0.2) is 14.1 Å². The number of fused-ring (bicyclic) bond motifs is 1. The smallest absolute Gasteiger partial charge is 0.118 e. The molecule has 0 amide bonds. The van der Waals surface area contributed by atoms with Gasteiger partial charge in [0.15, 0.2) is 0 Å². The lowest BCUT2D eigenvalue weighted by molar-refractivity contribution is 0.710. The molecular weight excluding hydrogens is 176 g/mol. The highest BCUT2D eigenvalue weighted by Gasteiger charge is 2.23. The molecule has 0 heterocycles. The van der Waals surface area contributed by atoms with Crippen molar-refractivity contribution in [3.05, 3.63) is 34.2 Å². The van der Waals surface area contributed by atoms with Gasteiger partial charge in [-0.15, -0.1) is 0 Å². The third kappa shape index (κ3) is 1.39. The van der Waals surface area contributed by atoms with Crippen molar-refractivity contribution >= 4 is 5.69 Å². The maximum Gasteiger partial charge on any atom is 0.118 e. The van der Waals surface area contributed by atoms with E-state index in [4.69, 9.17) is 0 Å². The molecule has 0 fully saturated rings. The fourth-order valence-corrected chi connectivity index (χ4v) is 1.96. The lowest BCUT2D eigenvalue weighted by Gasteiger charge is -2.14. The summed E-state index contributed by atoms with van der Waals surface area (Å²) in [5.41, 5.74) is 3.53. The molecule has 0 bridgehead atoms. The summed E-state index contributed by atoms with van der Waals surface area (Å²) >= 11 is 0. The Morgan fingerprint density at radius 2 is 2.21 bits per heavy atom. The van der Waals surface area contributed by atoms with E-state index in [0.717, 1.165) is 24.1 Å². The van der Waals surface area contributed by atoms with Crippen LogP contribution in [0.3, 0.4) is 0 Å². The Morgan fingerprint density at radius 3 is 2.86 bits per heavy atom. The SMILES string of the molecule is CN(C)c1ccc2c(c1)C(N=O)CC2. The average Bonchev–Trinajstić information content (AvgIpc) is 2.59. The van der Waals surface area contributed by atoms with Crippen LogP contribution >= 0.6 is 0 Å². The monoisotopic (exact) mass is 190 g/mol. The molecule has 1 unspecified atom stereocenters. The van der Waals surface area contributed by atoms with Crippen LogP contribution in [0.1, 0.15) is 23.6 Å². The van der Waals surface area contributed by atoms with Crippen LogP contribution in [0, 0.1) is 4.91 Å². The van der Waals surface area contributed by atoms with Gasteiger partial charge in [0.05, 0.1) is 0 Å². The molecule has 1 aliphatic carbocycles. The Balaban J connectivity index is 2.42. The summed E-state index contributed by atoms with van der Waals surface area (Å²) in [5.74, 6) is 0. The highest BCUT2D eigenvalue weighted by atomic mass is 16.3. The Hall–Kier alpha value is -1.38. The number of anilines is 1. The molecule has 74 valence electrons. The molecule has 0 saturated heterocycles. The van der Waals surface area contributed by atoms with Crippen LogP contribution in [0.15, 0.2) is 23.4 Å². The number of hydrogen-bond donors (Lipinski definition) is 0. The number of nitrogens with zero attached hydrogens (tertiary/aromatic N) is 2. The lowest BCUT2D eigenvalue weighted by atomic mass is 10.1. The zero-order valence-corrected chi connectivity index (χ0v) is 8.53. The summed E-state index contributed by atoms with van der Waals surface area (Å²) in [5, 5.41) is 3.16. The number of nitroso groups, excluding NO2 is 1. The van der Waals surface area contributed by atoms with E-state index >= 15 is 0 Å². The molecule has 0 radical (unpaired) electrons. The molecule has 1 aliphatic rings. The number of hydrogen-bond acceptors (Lipinski definition) is 3. The largest absolute Gasteiger partial charge is 0.378 e. The molecule has 3 nitrogen and oxygen atoms in total. The summed E-state index contributed by atoms with van der Waals surface area (Å²) in [6.45, 7) is 0. The van der Waals surface area contributed by atoms with Gasteiger partial charge >= 0.3 is 0 Å². The van der Waals surface area contributed by atoms with Gasteiger partial charge in [-0.25, -0.2) is 0 Å². The van der Waals surface area contributed by atoms with Crippen LogP contribution in [0.5, 0.6) is 0 Å². The summed E-state index contributed by atoms with van der Waals surface area (Å²) < 4.78 is 0. The molecule has 2 rings (SSSR count). The van der Waals surface area contributed by atoms with E-state index in [9.17, 15) is 4.91 Å². The molecule has 1 aromatic rings. The Kier molecular flexibility index (Phi) is 2.23. The molecule has 0 spiro atoms. The van der Waals surface area contributed by atoms with Crippen LogP contribution in [-0.2, 0) is 6.42 Å². The van der Waals surface area contributed by atoms with Crippen LogP contribution < -0.4 is 4.90 Å². The topological polar surface area (TPSA) is 32.7 Å². The number of aryl methyl sites for hydroxylation is 1. The summed E-state index contributed by atoms with van der Waals surface area (Å²) in [7, 11) is 4.00. The van der Waals surface area contributed by atoms with E-state index in [1.54, 1.807) is 0 Å². The van der Waals surface area contributed by atoms with E-state index in [1.807, 2.05) is 19.0 Å². The first kappa shape index (κ1) is 9.19. The molecule has 3 heteroatoms. The minimum atomic E-state index is -0.120. The van der Waals surface area contributed by atoms with Crippen molar-refractivity contribution < 1.29 is 0 Å². The van der Waals surface area contributed by atoms with Gasteiger partial charge in [0.2, 0.25) is 0 Å². The normalized spacial score (nSPS) is 19.1. The van der Waals surface area contributed by atoms with Gasteiger partial charge in [-0.3, -0.25) is 0 Å². The van der Waals surface area contributed by atoms with Gasteiger partial charge < -0.3 is 4.90 Å². The van der Waals surface area contributed by atoms with Gasteiger partial charge in [0, 0.05) is 19.8 Å². The van der Waals surface area contributed by atoms with Crippen molar-refractivity contribution in [2.75, 3.05) is 19.0 Å². The molecule has 0 N–H and O–H groups in total. The third-order valence-electron chi connectivity index (χ3n) is 2.82. The standard InChI is InChI=1S/C11H14N2O/c1-13(2)9-5-3-8-4-6-11(12-14)10(8)7-9/h3,5,7,11H,4,6H2,1-2H3. The maximum absolute atomic E-state index is 10.6. The fourth-order valence-electron chi connectivity index (χ4n) is 1.96. The van der Waals surface area contributed by atoms with E-state index in [1.165, 1.54) is 5.56 Å². The zero-order valence-electron chi connectivity index (χ0n) is 8.53. The van der Waals surface area contributed by atoms with Gasteiger partial charge in [0.25, 0.3) is 0 Å². The molecule has 0 aliphatic heterocycles. The second-order valence-electron chi connectivity index (χ2n) is 3.94. The fraction of sp³-hybridized carbons (Fsp3) is 0.455. The second kappa shape index (κ2) is 3.40. The van der Waals surface area contributed by atoms with Crippen molar-refractivity contribution in [3.8, 4) is 0 Å². The highest BCUT2D eigenvalue weighted by molar-refractivity contribution is 5.52. The maximum atomic E-state index is 10.6. The molecule has 1 atom stereocenters. The van der Waals surface area contributed by atoms with Crippen molar-refractivity contribution in [1.82, 2.24) is 0 Å². The first-order valence-corrected chi connectivity index (χ1v) is 4.85. The van der Waals surface area contributed by atoms with Crippen molar-refractivity contribution in [2.24, 2.45) is 5.18 Å². The zero-order chi connectivity index (χ0) is 10.1. The van der Waals surface area contributed by atoms with Crippen LogP contribution in [0.25, 0.3) is 0 Å². The average molecular weight is 190 g/mol. The first-order chi connectivity index (χ1) is 6.72. The minimum absolute atomic E-state index is 0.120. The number of benzene rings is 1. The van der Waals surface area contributed by atoms with Gasteiger partial charge in [-0.2, -0.15) is 4.91 Å². The Morgan fingerprint density at radius 1 is 1.43 bits per heavy atom. The van der Waals surface area contributed by atoms with Crippen LogP contribution in [0.4, 0.5) is 5.69 Å². The predicted octanol–water partition coefficient (Wildman–Crippen LogP) is 2.51. The minimum Gasteiger partial charge on any atom is -0.378 e. The Labute approximate surface area is 83.7 Å². The molecular formula is C11H14N2O. The van der Waals surface area contributed by atoms with Crippen molar-refractivity contribution in [1.29, 1.82) is 0 Å². The second-order valence-corrected chi connectivity index (χ2v) is 3.94. The quantitative estimate of drug-likeness (QED) is 0.671. The van der Waals surface area contributed by atoms with Gasteiger partial charge in [-0.05, 0) is 36.1 Å². The predicted molar refractivity (Wildman–Crippen MR) is 57.6 cm³/mol. The van der Waals surface area contributed by atoms with Crippen LogP contribution in [0.2, 0.25) is 0 Å². The molecule has 1 aromatic carbocycles. The Bertz CT molecular complexity index is 360. The molecule has 14 heavy (non-hydrogen) atoms. The van der Waals surface area contributed by atoms with E-state index in [0.29, 0.717) is 0 Å². The van der Waals surface area contributed by atoms with Gasteiger partial charge in [0.1, 0.15) is 6.04 Å². The molecule has 0 aromatic heterocycles. The van der Waals surface area contributed by atoms with Crippen molar-refractivity contribution in [3.63, 3.8) is 0 Å². The summed E-state index contributed by atoms with van der Waals surface area (Å²) in [4.78, 5) is 12.6. The van der Waals surface area contributed by atoms with E-state index < -0.39 is 0 Å². The lowest BCUT2D eigenvalue weighted by Crippen LogP contribution is -2.09. The summed E-state index contributed by atoms with van der Waals surface area (Å²) in [6.07, 6.45) is 1.86. The van der Waals surface area contributed by atoms with Crippen molar-refractivity contribution in [2.45, 2.75) is 18.9 Å². The number of rotatable bonds is 2. The first-order valence-electron chi connectivity index (χ1n) is 4.85. The highest BCUT2D eigenvalue weighted by Crippen LogP contribution is 2.35.